The van der Waals surface area contributed by atoms with Gasteiger partial charge in [-0.2, -0.15) is 0 Å². The largest absolute Gasteiger partial charge is 0.496 e. The maximum absolute atomic E-state index is 12.6. The van der Waals surface area contributed by atoms with Crippen LogP contribution in [0.5, 0.6) is 5.75 Å². The van der Waals surface area contributed by atoms with E-state index >= 15 is 0 Å². The average molecular weight is 347 g/mol. The molecule has 3 aromatic rings. The maximum Gasteiger partial charge on any atom is 0.255 e. The van der Waals surface area contributed by atoms with Crippen molar-refractivity contribution in [1.29, 1.82) is 0 Å². The first-order valence-electron chi connectivity index (χ1n) is 8.41. The van der Waals surface area contributed by atoms with E-state index in [0.29, 0.717) is 24.5 Å². The minimum absolute atomic E-state index is 0.163. The van der Waals surface area contributed by atoms with E-state index < -0.39 is 0 Å². The van der Waals surface area contributed by atoms with Crippen LogP contribution in [-0.4, -0.2) is 18.0 Å². The molecule has 0 unspecified atom stereocenters. The Bertz CT molecular complexity index is 866. The lowest BCUT2D eigenvalue weighted by molar-refractivity contribution is 0.0951. The molecule has 132 valence electrons. The van der Waals surface area contributed by atoms with Gasteiger partial charge in [0.25, 0.3) is 5.91 Å². The molecule has 1 amide bonds. The van der Waals surface area contributed by atoms with E-state index in [9.17, 15) is 4.79 Å². The zero-order chi connectivity index (χ0) is 18.2. The van der Waals surface area contributed by atoms with Gasteiger partial charge in [0.1, 0.15) is 11.6 Å². The number of pyridine rings is 1. The summed E-state index contributed by atoms with van der Waals surface area (Å²) in [5.74, 6) is 1.18. The Morgan fingerprint density at radius 3 is 2.54 bits per heavy atom. The van der Waals surface area contributed by atoms with E-state index in [0.717, 1.165) is 16.9 Å². The molecule has 1 heterocycles. The summed E-state index contributed by atoms with van der Waals surface area (Å²) in [5.41, 5.74) is 2.56. The van der Waals surface area contributed by atoms with Crippen molar-refractivity contribution in [2.24, 2.45) is 0 Å². The van der Waals surface area contributed by atoms with Crippen LogP contribution < -0.4 is 15.4 Å². The molecule has 26 heavy (non-hydrogen) atoms. The number of ether oxygens (including phenoxy) is 1. The van der Waals surface area contributed by atoms with Crippen molar-refractivity contribution in [2.75, 3.05) is 12.4 Å². The smallest absolute Gasteiger partial charge is 0.255 e. The van der Waals surface area contributed by atoms with Gasteiger partial charge in [0.15, 0.2) is 0 Å². The summed E-state index contributed by atoms with van der Waals surface area (Å²) < 4.78 is 5.36. The van der Waals surface area contributed by atoms with Gasteiger partial charge in [0.2, 0.25) is 0 Å². The van der Waals surface area contributed by atoms with Crippen molar-refractivity contribution in [2.45, 2.75) is 13.1 Å². The van der Waals surface area contributed by atoms with Gasteiger partial charge < -0.3 is 15.4 Å². The minimum atomic E-state index is -0.163. The van der Waals surface area contributed by atoms with Crippen LogP contribution in [0.1, 0.15) is 21.5 Å². The van der Waals surface area contributed by atoms with Crippen LogP contribution in [0.3, 0.4) is 0 Å². The number of aromatic nitrogens is 1. The number of hydrogen-bond donors (Lipinski definition) is 2. The third-order valence-corrected chi connectivity index (χ3v) is 3.99. The number of hydrogen-bond acceptors (Lipinski definition) is 4. The fourth-order valence-corrected chi connectivity index (χ4v) is 2.63. The Balaban J connectivity index is 1.68. The van der Waals surface area contributed by atoms with E-state index in [1.807, 2.05) is 54.6 Å². The van der Waals surface area contributed by atoms with Crippen molar-refractivity contribution in [3.8, 4) is 5.75 Å². The number of carbonyl (C=O) groups is 1. The van der Waals surface area contributed by atoms with Crippen molar-refractivity contribution in [1.82, 2.24) is 10.3 Å². The first-order chi connectivity index (χ1) is 12.8. The molecule has 0 spiro atoms. The molecule has 0 aliphatic carbocycles. The third kappa shape index (κ3) is 4.39. The molecular weight excluding hydrogens is 326 g/mol. The van der Waals surface area contributed by atoms with Gasteiger partial charge in [-0.3, -0.25) is 4.79 Å². The van der Waals surface area contributed by atoms with Gasteiger partial charge in [0.05, 0.1) is 12.7 Å². The van der Waals surface area contributed by atoms with Crippen LogP contribution in [0.4, 0.5) is 5.82 Å². The number of amides is 1. The SMILES string of the molecule is COc1ccccc1CNc1ncccc1C(=O)NCc1ccccc1. The second-order valence-electron chi connectivity index (χ2n) is 5.73. The highest BCUT2D eigenvalue weighted by Gasteiger charge is 2.12. The van der Waals surface area contributed by atoms with Crippen LogP contribution in [0.25, 0.3) is 0 Å². The van der Waals surface area contributed by atoms with Gasteiger partial charge in [-0.15, -0.1) is 0 Å². The molecule has 2 N–H and O–H groups in total. The van der Waals surface area contributed by atoms with Crippen molar-refractivity contribution in [3.63, 3.8) is 0 Å². The fraction of sp³-hybridized carbons (Fsp3) is 0.143. The van der Waals surface area contributed by atoms with E-state index in [1.165, 1.54) is 0 Å². The molecule has 0 aliphatic rings. The number of methoxy groups -OCH3 is 1. The summed E-state index contributed by atoms with van der Waals surface area (Å²) in [7, 11) is 1.64. The minimum Gasteiger partial charge on any atom is -0.496 e. The topological polar surface area (TPSA) is 63.2 Å². The van der Waals surface area contributed by atoms with Crippen molar-refractivity contribution in [3.05, 3.63) is 89.6 Å². The molecule has 0 aliphatic heterocycles. The number of para-hydroxylation sites is 1. The fourth-order valence-electron chi connectivity index (χ4n) is 2.63. The van der Waals surface area contributed by atoms with Crippen LogP contribution in [-0.2, 0) is 13.1 Å². The normalized spacial score (nSPS) is 10.2. The molecule has 0 bridgehead atoms. The Hall–Kier alpha value is -3.34. The zero-order valence-corrected chi connectivity index (χ0v) is 14.6. The molecule has 0 radical (unpaired) electrons. The van der Waals surface area contributed by atoms with Gasteiger partial charge in [-0.1, -0.05) is 48.5 Å². The zero-order valence-electron chi connectivity index (χ0n) is 14.6. The van der Waals surface area contributed by atoms with E-state index in [-0.39, 0.29) is 5.91 Å². The van der Waals surface area contributed by atoms with Crippen LogP contribution in [0, 0.1) is 0 Å². The lowest BCUT2D eigenvalue weighted by Crippen LogP contribution is -2.24. The number of anilines is 1. The average Bonchev–Trinajstić information content (AvgIpc) is 2.71. The molecule has 0 saturated heterocycles. The monoisotopic (exact) mass is 347 g/mol. The highest BCUT2D eigenvalue weighted by Crippen LogP contribution is 2.19. The van der Waals surface area contributed by atoms with Crippen LogP contribution in [0.15, 0.2) is 72.9 Å². The Morgan fingerprint density at radius 2 is 1.73 bits per heavy atom. The summed E-state index contributed by atoms with van der Waals surface area (Å²) in [6, 6.07) is 21.1. The van der Waals surface area contributed by atoms with Gasteiger partial charge in [-0.25, -0.2) is 4.98 Å². The Labute approximate surface area is 153 Å². The predicted octanol–water partition coefficient (Wildman–Crippen LogP) is 3.63. The molecule has 5 heteroatoms. The number of carbonyl (C=O) groups excluding carboxylic acids is 1. The second kappa shape index (κ2) is 8.67. The van der Waals surface area contributed by atoms with E-state index in [4.69, 9.17) is 4.74 Å². The van der Waals surface area contributed by atoms with Gasteiger partial charge >= 0.3 is 0 Å². The highest BCUT2D eigenvalue weighted by molar-refractivity contribution is 5.98. The molecular formula is C21H21N3O2. The lowest BCUT2D eigenvalue weighted by atomic mass is 10.2. The molecule has 3 rings (SSSR count). The number of nitrogens with one attached hydrogen (secondary N) is 2. The molecule has 0 saturated carbocycles. The quantitative estimate of drug-likeness (QED) is 0.685. The van der Waals surface area contributed by atoms with Crippen molar-refractivity contribution < 1.29 is 9.53 Å². The number of benzene rings is 2. The molecule has 0 atom stereocenters. The number of rotatable bonds is 7. The summed E-state index contributed by atoms with van der Waals surface area (Å²) in [5, 5.41) is 6.16. The van der Waals surface area contributed by atoms with Crippen molar-refractivity contribution >= 4 is 11.7 Å². The summed E-state index contributed by atoms with van der Waals surface area (Å²) in [6.45, 7) is 0.987. The summed E-state index contributed by atoms with van der Waals surface area (Å²) in [6.07, 6.45) is 1.67. The Morgan fingerprint density at radius 1 is 0.962 bits per heavy atom. The van der Waals surface area contributed by atoms with Crippen LogP contribution in [0.2, 0.25) is 0 Å². The predicted molar refractivity (Wildman–Crippen MR) is 102 cm³/mol. The highest BCUT2D eigenvalue weighted by atomic mass is 16.5. The first kappa shape index (κ1) is 17.5. The maximum atomic E-state index is 12.6. The van der Waals surface area contributed by atoms with E-state index in [2.05, 4.69) is 15.6 Å². The molecule has 1 aromatic heterocycles. The lowest BCUT2D eigenvalue weighted by Gasteiger charge is -2.13. The first-order valence-corrected chi connectivity index (χ1v) is 8.41. The Kier molecular flexibility index (Phi) is 5.83. The third-order valence-electron chi connectivity index (χ3n) is 3.99. The van der Waals surface area contributed by atoms with E-state index in [1.54, 1.807) is 25.4 Å². The molecule has 0 fully saturated rings. The standard InChI is InChI=1S/C21H21N3O2/c1-26-19-12-6-5-10-17(19)15-23-20-18(11-7-13-22-20)21(25)24-14-16-8-3-2-4-9-16/h2-13H,14-15H2,1H3,(H,22,23)(H,24,25). The molecule has 2 aromatic carbocycles. The van der Waals surface area contributed by atoms with Gasteiger partial charge in [0, 0.05) is 24.8 Å². The van der Waals surface area contributed by atoms with Crippen LogP contribution >= 0.6 is 0 Å². The summed E-state index contributed by atoms with van der Waals surface area (Å²) >= 11 is 0. The second-order valence-corrected chi connectivity index (χ2v) is 5.73. The molecule has 5 nitrogen and oxygen atoms in total. The summed E-state index contributed by atoms with van der Waals surface area (Å²) in [4.78, 5) is 16.9. The number of nitrogens with zero attached hydrogens (tertiary/aromatic N) is 1. The van der Waals surface area contributed by atoms with Gasteiger partial charge in [-0.05, 0) is 23.8 Å².